The van der Waals surface area contributed by atoms with Gasteiger partial charge in [-0.3, -0.25) is 4.79 Å². The van der Waals surface area contributed by atoms with Crippen LogP contribution < -0.4 is 0 Å². The number of quaternary nitrogens is 1. The lowest BCUT2D eigenvalue weighted by atomic mass is 9.97. The molecule has 0 radical (unpaired) electrons. The van der Waals surface area contributed by atoms with E-state index in [0.717, 1.165) is 18.3 Å². The maximum atomic E-state index is 13.9. The van der Waals surface area contributed by atoms with Crippen molar-refractivity contribution in [3.8, 4) is 0 Å². The molecule has 0 N–H and O–H groups in total. The number of fused-ring (bicyclic) bond motifs is 1. The highest BCUT2D eigenvalue weighted by Crippen LogP contribution is 2.45. The number of halogens is 4. The monoisotopic (exact) mass is 378 g/mol. The zero-order valence-electron chi connectivity index (χ0n) is 14.5. The Morgan fingerprint density at radius 2 is 1.81 bits per heavy atom. The first kappa shape index (κ1) is 18.8. The highest BCUT2D eigenvalue weighted by Gasteiger charge is 2.63. The maximum Gasteiger partial charge on any atom is 0.596 e. The van der Waals surface area contributed by atoms with Crippen LogP contribution in [0.1, 0.15) is 5.56 Å². The second-order valence-electron chi connectivity index (χ2n) is 6.21. The Morgan fingerprint density at radius 1 is 1.15 bits per heavy atom. The second kappa shape index (κ2) is 6.62. The van der Waals surface area contributed by atoms with E-state index in [9.17, 15) is 22.4 Å². The maximum absolute atomic E-state index is 13.9. The molecule has 0 spiro atoms. The summed E-state index contributed by atoms with van der Waals surface area (Å²) in [6.07, 6.45) is 2.58. The summed E-state index contributed by atoms with van der Waals surface area (Å²) in [5.74, 6) is -1.16. The molecule has 1 aromatic rings. The molecule has 2 aliphatic heterocycles. The first-order valence-corrected chi connectivity index (χ1v) is 7.97. The SMILES string of the molecule is CN(C)C=CC(=O)C1=C2C=CC=C[N+]2(C(F)(F)F)N=C1c1ccc(F)cc1. The highest BCUT2D eigenvalue weighted by atomic mass is 19.4. The van der Waals surface area contributed by atoms with Crippen molar-refractivity contribution in [1.29, 1.82) is 0 Å². The zero-order chi connectivity index (χ0) is 19.8. The third kappa shape index (κ3) is 3.23. The van der Waals surface area contributed by atoms with Gasteiger partial charge in [-0.2, -0.15) is 0 Å². The van der Waals surface area contributed by atoms with Crippen LogP contribution in [0.2, 0.25) is 0 Å². The zero-order valence-corrected chi connectivity index (χ0v) is 14.5. The van der Waals surface area contributed by atoms with E-state index in [0.29, 0.717) is 0 Å². The molecule has 0 amide bonds. The van der Waals surface area contributed by atoms with Gasteiger partial charge in [0.05, 0.1) is 0 Å². The van der Waals surface area contributed by atoms with Crippen LogP contribution in [0.15, 0.2) is 77.3 Å². The predicted molar refractivity (Wildman–Crippen MR) is 92.4 cm³/mol. The van der Waals surface area contributed by atoms with Crippen LogP contribution in [0, 0.1) is 5.82 Å². The minimum absolute atomic E-state index is 0.132. The van der Waals surface area contributed by atoms with Crippen LogP contribution in [0.4, 0.5) is 17.6 Å². The standard InChI is InChI=1S/C19H16F4N3O/c1-25(2)11-10-16(27)17-15-5-3-4-12-26(15,19(21,22)23)24-18(17)13-6-8-14(20)9-7-13/h3-12H,1-2H3/q+1. The van der Waals surface area contributed by atoms with Crippen molar-refractivity contribution >= 4 is 11.5 Å². The minimum atomic E-state index is -4.80. The number of benzene rings is 1. The molecule has 0 saturated carbocycles. The number of hydrogen-bond donors (Lipinski definition) is 0. The van der Waals surface area contributed by atoms with E-state index in [1.165, 1.54) is 42.6 Å². The molecule has 1 unspecified atom stereocenters. The second-order valence-corrected chi connectivity index (χ2v) is 6.21. The fourth-order valence-corrected chi connectivity index (χ4v) is 2.82. The van der Waals surface area contributed by atoms with Gasteiger partial charge >= 0.3 is 6.30 Å². The van der Waals surface area contributed by atoms with E-state index >= 15 is 0 Å². The molecule has 0 aromatic heterocycles. The molecular weight excluding hydrogens is 362 g/mol. The molecule has 1 atom stereocenters. The van der Waals surface area contributed by atoms with Crippen molar-refractivity contribution in [3.05, 3.63) is 83.6 Å². The van der Waals surface area contributed by atoms with Gasteiger partial charge in [0, 0.05) is 38.0 Å². The number of rotatable bonds is 4. The average molecular weight is 378 g/mol. The molecule has 140 valence electrons. The topological polar surface area (TPSA) is 32.7 Å². The lowest BCUT2D eigenvalue weighted by Crippen LogP contribution is -2.47. The van der Waals surface area contributed by atoms with Crippen molar-refractivity contribution in [2.45, 2.75) is 6.30 Å². The third-order valence-corrected chi connectivity index (χ3v) is 4.06. The van der Waals surface area contributed by atoms with Gasteiger partial charge in [-0.05, 0) is 34.9 Å². The third-order valence-electron chi connectivity index (χ3n) is 4.06. The van der Waals surface area contributed by atoms with Crippen molar-refractivity contribution in [3.63, 3.8) is 0 Å². The van der Waals surface area contributed by atoms with Crippen LogP contribution in [0.5, 0.6) is 0 Å². The largest absolute Gasteiger partial charge is 0.596 e. The summed E-state index contributed by atoms with van der Waals surface area (Å²) in [6, 6.07) is 4.83. The Bertz CT molecular complexity index is 921. The summed E-state index contributed by atoms with van der Waals surface area (Å²) in [5, 5.41) is 3.87. The average Bonchev–Trinajstić information content (AvgIpc) is 2.96. The number of alkyl halides is 3. The Hall–Kier alpha value is -3.00. The quantitative estimate of drug-likeness (QED) is 0.345. The number of allylic oxidation sites excluding steroid dienone is 5. The summed E-state index contributed by atoms with van der Waals surface area (Å²) in [4.78, 5) is 14.4. The summed E-state index contributed by atoms with van der Waals surface area (Å²) in [5.41, 5.74) is -0.370. The summed E-state index contributed by atoms with van der Waals surface area (Å²) >= 11 is 0. The molecule has 0 bridgehead atoms. The minimum Gasteiger partial charge on any atom is -0.383 e. The van der Waals surface area contributed by atoms with E-state index in [2.05, 4.69) is 5.10 Å². The van der Waals surface area contributed by atoms with E-state index in [-0.39, 0.29) is 22.5 Å². The van der Waals surface area contributed by atoms with Crippen molar-refractivity contribution in [1.82, 2.24) is 4.90 Å². The summed E-state index contributed by atoms with van der Waals surface area (Å²) in [7, 11) is 3.37. The Balaban J connectivity index is 2.25. The van der Waals surface area contributed by atoms with Crippen LogP contribution in [0.3, 0.4) is 0 Å². The van der Waals surface area contributed by atoms with Crippen LogP contribution >= 0.6 is 0 Å². The van der Waals surface area contributed by atoms with E-state index < -0.39 is 22.5 Å². The Morgan fingerprint density at radius 3 is 2.41 bits per heavy atom. The van der Waals surface area contributed by atoms with Gasteiger partial charge in [-0.25, -0.2) is 4.39 Å². The smallest absolute Gasteiger partial charge is 0.383 e. The molecule has 27 heavy (non-hydrogen) atoms. The molecule has 4 nitrogen and oxygen atoms in total. The van der Waals surface area contributed by atoms with Crippen LogP contribution in [-0.4, -0.2) is 41.4 Å². The first-order chi connectivity index (χ1) is 12.7. The molecule has 0 fully saturated rings. The predicted octanol–water partition coefficient (Wildman–Crippen LogP) is 3.86. The van der Waals surface area contributed by atoms with Gasteiger partial charge in [0.1, 0.15) is 23.3 Å². The highest BCUT2D eigenvalue weighted by molar-refractivity contribution is 6.32. The Kier molecular flexibility index (Phi) is 4.61. The molecule has 2 aliphatic rings. The van der Waals surface area contributed by atoms with Gasteiger partial charge in [0.25, 0.3) is 0 Å². The van der Waals surface area contributed by atoms with Crippen molar-refractivity contribution in [2.24, 2.45) is 5.10 Å². The van der Waals surface area contributed by atoms with E-state index in [4.69, 9.17) is 0 Å². The number of ketones is 1. The molecule has 0 aliphatic carbocycles. The van der Waals surface area contributed by atoms with E-state index in [1.54, 1.807) is 19.0 Å². The normalized spacial score (nSPS) is 21.6. The molecule has 1 aromatic carbocycles. The lowest BCUT2D eigenvalue weighted by Gasteiger charge is -2.28. The fourth-order valence-electron chi connectivity index (χ4n) is 2.82. The lowest BCUT2D eigenvalue weighted by molar-refractivity contribution is -0.958. The van der Waals surface area contributed by atoms with Crippen LogP contribution in [-0.2, 0) is 4.79 Å². The van der Waals surface area contributed by atoms with Crippen LogP contribution in [0.25, 0.3) is 0 Å². The van der Waals surface area contributed by atoms with Gasteiger partial charge < -0.3 is 4.90 Å². The number of carbonyl (C=O) groups is 1. The van der Waals surface area contributed by atoms with E-state index in [1.807, 2.05) is 0 Å². The molecule has 2 heterocycles. The molecule has 3 rings (SSSR count). The molecule has 0 saturated heterocycles. The van der Waals surface area contributed by atoms with Gasteiger partial charge in [-0.15, -0.1) is 13.2 Å². The van der Waals surface area contributed by atoms with Gasteiger partial charge in [0.15, 0.2) is 11.5 Å². The number of hydrogen-bond acceptors (Lipinski definition) is 3. The van der Waals surface area contributed by atoms with Crippen molar-refractivity contribution < 1.29 is 26.9 Å². The number of carbonyl (C=O) groups excluding carboxylic acids is 1. The summed E-state index contributed by atoms with van der Waals surface area (Å²) in [6.45, 7) is 0. The fraction of sp³-hybridized carbons (Fsp3) is 0.158. The number of nitrogens with zero attached hydrogens (tertiary/aromatic N) is 3. The molecular formula is C19H16F4N3O+. The first-order valence-electron chi connectivity index (χ1n) is 7.97. The molecule has 8 heteroatoms. The van der Waals surface area contributed by atoms with Gasteiger partial charge in [-0.1, -0.05) is 11.2 Å². The Labute approximate surface area is 153 Å². The van der Waals surface area contributed by atoms with Gasteiger partial charge in [0.2, 0.25) is 0 Å². The van der Waals surface area contributed by atoms with Crippen molar-refractivity contribution in [2.75, 3.05) is 14.1 Å². The summed E-state index contributed by atoms with van der Waals surface area (Å²) < 4.78 is 53.3.